The third-order valence-corrected chi connectivity index (χ3v) is 3.49. The van der Waals surface area contributed by atoms with E-state index >= 15 is 0 Å². The molecule has 0 saturated carbocycles. The van der Waals surface area contributed by atoms with Crippen LogP contribution in [0.25, 0.3) is 0 Å². The van der Waals surface area contributed by atoms with Crippen LogP contribution in [0.4, 0.5) is 0 Å². The summed E-state index contributed by atoms with van der Waals surface area (Å²) in [6, 6.07) is 8.03. The lowest BCUT2D eigenvalue weighted by Gasteiger charge is -2.01. The van der Waals surface area contributed by atoms with Crippen molar-refractivity contribution in [2.45, 2.75) is 65.2 Å². The highest BCUT2D eigenvalue weighted by molar-refractivity contribution is 5.82. The highest BCUT2D eigenvalue weighted by atomic mass is 16.2. The van der Waals surface area contributed by atoms with Gasteiger partial charge in [-0.05, 0) is 18.9 Å². The van der Waals surface area contributed by atoms with Crippen molar-refractivity contribution in [2.75, 3.05) is 0 Å². The van der Waals surface area contributed by atoms with E-state index in [4.69, 9.17) is 0 Å². The second kappa shape index (κ2) is 11.1. The Kier molecular flexibility index (Phi) is 9.18. The van der Waals surface area contributed by atoms with Gasteiger partial charge in [0.15, 0.2) is 0 Å². The highest BCUT2D eigenvalue weighted by Gasteiger charge is 1.99. The van der Waals surface area contributed by atoms with Gasteiger partial charge in [0.05, 0.1) is 6.21 Å². The molecule has 0 radical (unpaired) electrons. The van der Waals surface area contributed by atoms with E-state index in [0.29, 0.717) is 6.42 Å². The first-order chi connectivity index (χ1) is 10.2. The zero-order valence-corrected chi connectivity index (χ0v) is 13.4. The number of unbranched alkanes of at least 4 members (excludes halogenated alkanes) is 6. The Labute approximate surface area is 128 Å². The molecule has 0 aliphatic heterocycles. The van der Waals surface area contributed by atoms with E-state index in [9.17, 15) is 4.79 Å². The molecule has 3 nitrogen and oxygen atoms in total. The van der Waals surface area contributed by atoms with Gasteiger partial charge < -0.3 is 0 Å². The largest absolute Gasteiger partial charge is 0.273 e. The van der Waals surface area contributed by atoms with Gasteiger partial charge >= 0.3 is 0 Å². The number of nitrogens with one attached hydrogen (secondary N) is 1. The lowest BCUT2D eigenvalue weighted by atomic mass is 10.1. The van der Waals surface area contributed by atoms with E-state index in [0.717, 1.165) is 18.4 Å². The van der Waals surface area contributed by atoms with Crippen molar-refractivity contribution in [3.05, 3.63) is 35.4 Å². The van der Waals surface area contributed by atoms with Gasteiger partial charge in [0.2, 0.25) is 5.91 Å². The molecule has 0 aromatic heterocycles. The highest BCUT2D eigenvalue weighted by Crippen LogP contribution is 2.08. The first-order valence-electron chi connectivity index (χ1n) is 8.11. The Bertz CT molecular complexity index is 423. The molecule has 0 aliphatic carbocycles. The number of hydrogen-bond donors (Lipinski definition) is 1. The molecular weight excluding hydrogens is 260 g/mol. The van der Waals surface area contributed by atoms with Crippen molar-refractivity contribution >= 4 is 12.1 Å². The fraction of sp³-hybridized carbons (Fsp3) is 0.556. The zero-order valence-electron chi connectivity index (χ0n) is 13.4. The molecule has 0 atom stereocenters. The molecule has 1 rings (SSSR count). The Morgan fingerprint density at radius 1 is 1.05 bits per heavy atom. The summed E-state index contributed by atoms with van der Waals surface area (Å²) in [5.74, 6) is 0.00641. The summed E-state index contributed by atoms with van der Waals surface area (Å²) in [6.07, 6.45) is 10.8. The summed E-state index contributed by atoms with van der Waals surface area (Å²) in [5, 5.41) is 3.99. The molecule has 0 bridgehead atoms. The Morgan fingerprint density at radius 2 is 1.67 bits per heavy atom. The fourth-order valence-electron chi connectivity index (χ4n) is 2.13. The van der Waals surface area contributed by atoms with Crippen LogP contribution in [0.1, 0.15) is 69.4 Å². The van der Waals surface area contributed by atoms with Gasteiger partial charge in [0.25, 0.3) is 0 Å². The monoisotopic (exact) mass is 288 g/mol. The van der Waals surface area contributed by atoms with Gasteiger partial charge in [0, 0.05) is 6.42 Å². The molecule has 0 saturated heterocycles. The molecule has 0 unspecified atom stereocenters. The number of benzene rings is 1. The van der Waals surface area contributed by atoms with Crippen LogP contribution in [0.3, 0.4) is 0 Å². The average Bonchev–Trinajstić information content (AvgIpc) is 2.48. The van der Waals surface area contributed by atoms with E-state index in [2.05, 4.69) is 17.5 Å². The van der Waals surface area contributed by atoms with E-state index in [1.54, 1.807) is 6.21 Å². The van der Waals surface area contributed by atoms with Crippen LogP contribution in [-0.2, 0) is 4.79 Å². The maximum atomic E-state index is 11.6. The predicted octanol–water partition coefficient (Wildman–Crippen LogP) is 4.59. The summed E-state index contributed by atoms with van der Waals surface area (Å²) in [7, 11) is 0. The van der Waals surface area contributed by atoms with Crippen molar-refractivity contribution in [1.29, 1.82) is 0 Å². The summed E-state index contributed by atoms with van der Waals surface area (Å²) in [4.78, 5) is 11.6. The second-order valence-corrected chi connectivity index (χ2v) is 5.58. The molecule has 0 aliphatic rings. The van der Waals surface area contributed by atoms with Crippen molar-refractivity contribution in [3.8, 4) is 0 Å². The van der Waals surface area contributed by atoms with Gasteiger partial charge in [-0.25, -0.2) is 5.43 Å². The first-order valence-corrected chi connectivity index (χ1v) is 8.11. The first kappa shape index (κ1) is 17.4. The molecule has 1 N–H and O–H groups in total. The van der Waals surface area contributed by atoms with E-state index in [-0.39, 0.29) is 5.91 Å². The number of hydrogen-bond acceptors (Lipinski definition) is 2. The molecule has 21 heavy (non-hydrogen) atoms. The van der Waals surface area contributed by atoms with Crippen LogP contribution in [0.5, 0.6) is 0 Å². The predicted molar refractivity (Wildman–Crippen MR) is 89.5 cm³/mol. The summed E-state index contributed by atoms with van der Waals surface area (Å²) < 4.78 is 0. The third kappa shape index (κ3) is 9.01. The normalized spacial score (nSPS) is 11.0. The van der Waals surface area contributed by atoms with E-state index in [1.807, 2.05) is 31.2 Å². The minimum absolute atomic E-state index is 0.00641. The van der Waals surface area contributed by atoms with Gasteiger partial charge in [0.1, 0.15) is 0 Å². The molecule has 0 spiro atoms. The van der Waals surface area contributed by atoms with Crippen molar-refractivity contribution in [2.24, 2.45) is 5.10 Å². The molecule has 116 valence electrons. The standard InChI is InChI=1S/C18H28N2O/c1-3-4-5-6-7-8-9-10-18(21)20-19-15-17-13-11-16(2)12-14-17/h11-15H,3-10H2,1-2H3,(H,20,21)/b19-15-. The summed E-state index contributed by atoms with van der Waals surface area (Å²) in [5.41, 5.74) is 4.80. The Hall–Kier alpha value is -1.64. The number of amides is 1. The number of carbonyl (C=O) groups excluding carboxylic acids is 1. The zero-order chi connectivity index (χ0) is 15.3. The van der Waals surface area contributed by atoms with Crippen LogP contribution in [0, 0.1) is 6.92 Å². The van der Waals surface area contributed by atoms with Crippen LogP contribution >= 0.6 is 0 Å². The van der Waals surface area contributed by atoms with E-state index < -0.39 is 0 Å². The topological polar surface area (TPSA) is 41.5 Å². The quantitative estimate of drug-likeness (QED) is 0.382. The summed E-state index contributed by atoms with van der Waals surface area (Å²) >= 11 is 0. The Balaban J connectivity index is 2.07. The molecule has 0 fully saturated rings. The SMILES string of the molecule is CCCCCCCCCC(=O)N/N=C\c1ccc(C)cc1. The lowest BCUT2D eigenvalue weighted by Crippen LogP contribution is -2.16. The van der Waals surface area contributed by atoms with Crippen molar-refractivity contribution in [1.82, 2.24) is 5.43 Å². The van der Waals surface area contributed by atoms with Gasteiger partial charge in [-0.1, -0.05) is 75.3 Å². The minimum Gasteiger partial charge on any atom is -0.273 e. The molecule has 0 heterocycles. The number of nitrogens with zero attached hydrogens (tertiary/aromatic N) is 1. The maximum Gasteiger partial charge on any atom is 0.240 e. The van der Waals surface area contributed by atoms with E-state index in [1.165, 1.54) is 37.7 Å². The number of hydrazone groups is 1. The minimum atomic E-state index is 0.00641. The number of aryl methyl sites for hydroxylation is 1. The molecular formula is C18H28N2O. The molecule has 3 heteroatoms. The fourth-order valence-corrected chi connectivity index (χ4v) is 2.13. The van der Waals surface area contributed by atoms with Gasteiger partial charge in [-0.2, -0.15) is 5.10 Å². The molecule has 1 aromatic rings. The maximum absolute atomic E-state index is 11.6. The second-order valence-electron chi connectivity index (χ2n) is 5.58. The van der Waals surface area contributed by atoms with Crippen LogP contribution < -0.4 is 5.43 Å². The Morgan fingerprint density at radius 3 is 2.33 bits per heavy atom. The summed E-state index contributed by atoms with van der Waals surface area (Å²) in [6.45, 7) is 4.27. The number of carbonyl (C=O) groups is 1. The molecule has 1 amide bonds. The van der Waals surface area contributed by atoms with Crippen molar-refractivity contribution < 1.29 is 4.79 Å². The average molecular weight is 288 g/mol. The number of rotatable bonds is 10. The van der Waals surface area contributed by atoms with Crippen LogP contribution in [0.15, 0.2) is 29.4 Å². The smallest absolute Gasteiger partial charge is 0.240 e. The lowest BCUT2D eigenvalue weighted by molar-refractivity contribution is -0.121. The van der Waals surface area contributed by atoms with Gasteiger partial charge in [-0.3, -0.25) is 4.79 Å². The third-order valence-electron chi connectivity index (χ3n) is 3.49. The van der Waals surface area contributed by atoms with Crippen LogP contribution in [0.2, 0.25) is 0 Å². The van der Waals surface area contributed by atoms with Crippen LogP contribution in [-0.4, -0.2) is 12.1 Å². The van der Waals surface area contributed by atoms with Crippen molar-refractivity contribution in [3.63, 3.8) is 0 Å². The van der Waals surface area contributed by atoms with Gasteiger partial charge in [-0.15, -0.1) is 0 Å². The molecule has 1 aromatic carbocycles.